The molecule has 0 spiro atoms. The van der Waals surface area contributed by atoms with E-state index in [-0.39, 0.29) is 0 Å². The zero-order chi connectivity index (χ0) is 18.9. The van der Waals surface area contributed by atoms with Gasteiger partial charge >= 0.3 is 0 Å². The number of nitrogens with two attached hydrogens (primary N) is 1. The molecule has 3 heterocycles. The van der Waals surface area contributed by atoms with Gasteiger partial charge in [-0.15, -0.1) is 11.3 Å². The van der Waals surface area contributed by atoms with E-state index >= 15 is 0 Å². The van der Waals surface area contributed by atoms with E-state index in [4.69, 9.17) is 5.73 Å². The van der Waals surface area contributed by atoms with E-state index in [9.17, 15) is 0 Å². The molecule has 6 heteroatoms. The summed E-state index contributed by atoms with van der Waals surface area (Å²) >= 11 is 1.79. The van der Waals surface area contributed by atoms with Crippen molar-refractivity contribution >= 4 is 38.7 Å². The number of nitrogen functional groups attached to an aromatic ring is 1. The van der Waals surface area contributed by atoms with Gasteiger partial charge in [0.1, 0.15) is 17.0 Å². The van der Waals surface area contributed by atoms with Crippen molar-refractivity contribution in [2.24, 2.45) is 0 Å². The fourth-order valence-electron chi connectivity index (χ4n) is 3.76. The third-order valence-corrected chi connectivity index (χ3v) is 6.26. The molecule has 1 aliphatic heterocycles. The summed E-state index contributed by atoms with van der Waals surface area (Å²) in [6, 6.07) is 18.4. The van der Waals surface area contributed by atoms with Gasteiger partial charge < -0.3 is 11.1 Å². The number of nitrogens with one attached hydrogen (secondary N) is 1. The Kier molecular flexibility index (Phi) is 4.43. The highest BCUT2D eigenvalue weighted by atomic mass is 32.1. The first-order chi connectivity index (χ1) is 13.8. The van der Waals surface area contributed by atoms with Crippen LogP contribution in [0, 0.1) is 0 Å². The highest BCUT2D eigenvalue weighted by Crippen LogP contribution is 2.38. The average molecular weight is 388 g/mol. The summed E-state index contributed by atoms with van der Waals surface area (Å²) in [4.78, 5) is 14.0. The van der Waals surface area contributed by atoms with Gasteiger partial charge in [0.25, 0.3) is 0 Å². The lowest BCUT2D eigenvalue weighted by Crippen LogP contribution is -2.29. The van der Waals surface area contributed by atoms with Crippen LogP contribution >= 0.6 is 11.3 Å². The van der Waals surface area contributed by atoms with Crippen LogP contribution in [0.25, 0.3) is 10.2 Å². The zero-order valence-electron chi connectivity index (χ0n) is 15.4. The van der Waals surface area contributed by atoms with Gasteiger partial charge in [0.05, 0.1) is 5.39 Å². The highest BCUT2D eigenvalue weighted by Gasteiger charge is 2.23. The molecule has 0 radical (unpaired) electrons. The van der Waals surface area contributed by atoms with Crippen molar-refractivity contribution in [2.45, 2.75) is 19.5 Å². The van der Waals surface area contributed by atoms with Crippen molar-refractivity contribution in [1.82, 2.24) is 14.9 Å². The second kappa shape index (κ2) is 7.22. The lowest BCUT2D eigenvalue weighted by Gasteiger charge is -2.27. The third kappa shape index (κ3) is 3.32. The highest BCUT2D eigenvalue weighted by molar-refractivity contribution is 7.19. The molecule has 0 amide bonds. The standard InChI is InChI=1S/C22H21N5S/c23-16-6-8-17(9-7-16)26-21-20-18-10-11-27(12-15-4-2-1-3-5-15)13-19(18)28-22(20)25-14-24-21/h1-9,14H,10-13,23H2,(H,24,25,26). The Balaban J connectivity index is 1.44. The van der Waals surface area contributed by atoms with Crippen LogP contribution in [-0.2, 0) is 19.5 Å². The molecule has 0 unspecified atom stereocenters. The van der Waals surface area contributed by atoms with Crippen LogP contribution in [0.1, 0.15) is 16.0 Å². The van der Waals surface area contributed by atoms with Crippen molar-refractivity contribution in [3.05, 3.63) is 76.9 Å². The SMILES string of the molecule is Nc1ccc(Nc2ncnc3sc4c(c23)CCN(Cc2ccccc2)C4)cc1. The maximum atomic E-state index is 5.80. The van der Waals surface area contributed by atoms with Crippen LogP contribution in [0.3, 0.4) is 0 Å². The number of nitrogens with zero attached hydrogens (tertiary/aromatic N) is 3. The summed E-state index contributed by atoms with van der Waals surface area (Å²) in [7, 11) is 0. The maximum Gasteiger partial charge on any atom is 0.142 e. The molecule has 0 fully saturated rings. The Hall–Kier alpha value is -2.96. The Morgan fingerprint density at radius 3 is 2.68 bits per heavy atom. The minimum absolute atomic E-state index is 0.754. The van der Waals surface area contributed by atoms with Gasteiger partial charge in [-0.2, -0.15) is 0 Å². The van der Waals surface area contributed by atoms with Crippen molar-refractivity contribution in [3.8, 4) is 0 Å². The first-order valence-corrected chi connectivity index (χ1v) is 10.2. The fourth-order valence-corrected chi connectivity index (χ4v) is 4.98. The predicted molar refractivity (Wildman–Crippen MR) is 116 cm³/mol. The quantitative estimate of drug-likeness (QED) is 0.502. The predicted octanol–water partition coefficient (Wildman–Crippen LogP) is 4.58. The Labute approximate surface area is 167 Å². The second-order valence-corrected chi connectivity index (χ2v) is 8.18. The van der Waals surface area contributed by atoms with Crippen molar-refractivity contribution in [3.63, 3.8) is 0 Å². The summed E-state index contributed by atoms with van der Waals surface area (Å²) in [5, 5.41) is 4.61. The normalized spacial score (nSPS) is 14.1. The average Bonchev–Trinajstić information content (AvgIpc) is 3.09. The van der Waals surface area contributed by atoms with E-state index < -0.39 is 0 Å². The van der Waals surface area contributed by atoms with E-state index in [1.54, 1.807) is 17.7 Å². The van der Waals surface area contributed by atoms with Gasteiger partial charge in [0.2, 0.25) is 0 Å². The topological polar surface area (TPSA) is 67.1 Å². The van der Waals surface area contributed by atoms with Gasteiger partial charge in [-0.05, 0) is 41.8 Å². The van der Waals surface area contributed by atoms with Crippen molar-refractivity contribution in [1.29, 1.82) is 0 Å². The number of aromatic nitrogens is 2. The van der Waals surface area contributed by atoms with Gasteiger partial charge in [0.15, 0.2) is 0 Å². The minimum atomic E-state index is 0.754. The number of thiophene rings is 1. The lowest BCUT2D eigenvalue weighted by atomic mass is 10.0. The van der Waals surface area contributed by atoms with E-state index in [0.29, 0.717) is 0 Å². The van der Waals surface area contributed by atoms with Crippen LogP contribution in [0.15, 0.2) is 60.9 Å². The van der Waals surface area contributed by atoms with Gasteiger partial charge in [-0.25, -0.2) is 9.97 Å². The Morgan fingerprint density at radius 2 is 1.86 bits per heavy atom. The summed E-state index contributed by atoms with van der Waals surface area (Å²) in [5.74, 6) is 0.879. The first-order valence-electron chi connectivity index (χ1n) is 9.40. The lowest BCUT2D eigenvalue weighted by molar-refractivity contribution is 0.249. The molecule has 28 heavy (non-hydrogen) atoms. The fraction of sp³-hybridized carbons (Fsp3) is 0.182. The molecule has 5 nitrogen and oxygen atoms in total. The smallest absolute Gasteiger partial charge is 0.142 e. The van der Waals surface area contributed by atoms with Crippen molar-refractivity contribution in [2.75, 3.05) is 17.6 Å². The molecule has 2 aromatic heterocycles. The number of anilines is 3. The monoisotopic (exact) mass is 387 g/mol. The molecule has 140 valence electrons. The number of rotatable bonds is 4. The third-order valence-electron chi connectivity index (χ3n) is 5.14. The maximum absolute atomic E-state index is 5.80. The summed E-state index contributed by atoms with van der Waals surface area (Å²) < 4.78 is 0. The van der Waals surface area contributed by atoms with E-state index in [2.05, 4.69) is 50.5 Å². The van der Waals surface area contributed by atoms with Crippen molar-refractivity contribution < 1.29 is 0 Å². The number of hydrogen-bond donors (Lipinski definition) is 2. The van der Waals surface area contributed by atoms with Gasteiger partial charge in [-0.3, -0.25) is 4.90 Å². The van der Waals surface area contributed by atoms with Gasteiger partial charge in [-0.1, -0.05) is 30.3 Å². The summed E-state index contributed by atoms with van der Waals surface area (Å²) in [5.41, 5.74) is 10.3. The molecule has 0 saturated heterocycles. The number of benzene rings is 2. The molecule has 3 N–H and O–H groups in total. The molecule has 5 rings (SSSR count). The molecule has 0 aliphatic carbocycles. The number of hydrogen-bond acceptors (Lipinski definition) is 6. The van der Waals surface area contributed by atoms with Crippen LogP contribution < -0.4 is 11.1 Å². The summed E-state index contributed by atoms with van der Waals surface area (Å²) in [6.45, 7) is 2.99. The molecule has 4 aromatic rings. The van der Waals surface area contributed by atoms with E-state index in [1.807, 2.05) is 24.3 Å². The van der Waals surface area contributed by atoms with E-state index in [0.717, 1.165) is 48.1 Å². The first kappa shape index (κ1) is 17.2. The minimum Gasteiger partial charge on any atom is -0.399 e. The second-order valence-electron chi connectivity index (χ2n) is 7.10. The Morgan fingerprint density at radius 1 is 1.04 bits per heavy atom. The Bertz CT molecular complexity index is 1110. The van der Waals surface area contributed by atoms with Crippen LogP contribution in [-0.4, -0.2) is 21.4 Å². The number of fused-ring (bicyclic) bond motifs is 3. The largest absolute Gasteiger partial charge is 0.399 e. The molecule has 0 bridgehead atoms. The van der Waals surface area contributed by atoms with Crippen LogP contribution in [0.5, 0.6) is 0 Å². The molecule has 0 atom stereocenters. The molecular formula is C22H21N5S. The van der Waals surface area contributed by atoms with Crippen LogP contribution in [0.4, 0.5) is 17.2 Å². The molecule has 2 aromatic carbocycles. The molecule has 0 saturated carbocycles. The summed E-state index contributed by atoms with van der Waals surface area (Å²) in [6.07, 6.45) is 2.66. The molecule has 1 aliphatic rings. The van der Waals surface area contributed by atoms with E-state index in [1.165, 1.54) is 21.4 Å². The molecular weight excluding hydrogens is 366 g/mol. The van der Waals surface area contributed by atoms with Gasteiger partial charge in [0, 0.05) is 35.9 Å². The van der Waals surface area contributed by atoms with Crippen LogP contribution in [0.2, 0.25) is 0 Å². The zero-order valence-corrected chi connectivity index (χ0v) is 16.2.